The average molecular weight is 714 g/mol. The van der Waals surface area contributed by atoms with Gasteiger partial charge in [-0.05, 0) is 106 Å². The summed E-state index contributed by atoms with van der Waals surface area (Å²) in [6, 6.07) is 56.2. The molecule has 11 aromatic rings. The maximum atomic E-state index is 6.79. The van der Waals surface area contributed by atoms with Crippen LogP contribution in [0, 0.1) is 0 Å². The maximum Gasteiger partial charge on any atom is 0.144 e. The van der Waals surface area contributed by atoms with E-state index in [9.17, 15) is 0 Å². The van der Waals surface area contributed by atoms with Crippen LogP contribution in [0.25, 0.3) is 84.2 Å². The second-order valence-corrected chi connectivity index (χ2v) is 17.1. The average Bonchev–Trinajstić information content (AvgIpc) is 3.91. The highest BCUT2D eigenvalue weighted by Crippen LogP contribution is 2.52. The predicted molar refractivity (Wildman–Crippen MR) is 229 cm³/mol. The van der Waals surface area contributed by atoms with Gasteiger partial charge in [0.15, 0.2) is 0 Å². The van der Waals surface area contributed by atoms with Gasteiger partial charge in [0.25, 0.3) is 0 Å². The minimum atomic E-state index is -0.103. The molecular formula is C49H31NOS2. The summed E-state index contributed by atoms with van der Waals surface area (Å²) in [5.41, 5.74) is 10.6. The summed E-state index contributed by atoms with van der Waals surface area (Å²) in [5.74, 6) is 0. The van der Waals surface area contributed by atoms with E-state index in [2.05, 4.69) is 170 Å². The Morgan fingerprint density at radius 1 is 0.453 bits per heavy atom. The first kappa shape index (κ1) is 29.6. The van der Waals surface area contributed by atoms with Gasteiger partial charge in [0, 0.05) is 73.6 Å². The lowest BCUT2D eigenvalue weighted by atomic mass is 9.82. The quantitative estimate of drug-likeness (QED) is 0.181. The van der Waals surface area contributed by atoms with Crippen molar-refractivity contribution in [3.63, 3.8) is 0 Å². The van der Waals surface area contributed by atoms with Crippen LogP contribution in [-0.4, -0.2) is 0 Å². The smallest absolute Gasteiger partial charge is 0.144 e. The van der Waals surface area contributed by atoms with E-state index < -0.39 is 0 Å². The van der Waals surface area contributed by atoms with Crippen molar-refractivity contribution in [3.8, 4) is 11.1 Å². The van der Waals surface area contributed by atoms with Crippen LogP contribution >= 0.6 is 22.7 Å². The van der Waals surface area contributed by atoms with E-state index in [1.807, 2.05) is 22.7 Å². The fourth-order valence-electron chi connectivity index (χ4n) is 9.04. The monoisotopic (exact) mass is 713 g/mol. The molecule has 4 heteroatoms. The summed E-state index contributed by atoms with van der Waals surface area (Å²) >= 11 is 3.71. The summed E-state index contributed by atoms with van der Waals surface area (Å²) in [4.78, 5) is 2.46. The summed E-state index contributed by atoms with van der Waals surface area (Å²) in [5, 5.41) is 9.78. The van der Waals surface area contributed by atoms with Gasteiger partial charge < -0.3 is 9.32 Å². The molecule has 0 radical (unpaired) electrons. The zero-order valence-corrected chi connectivity index (χ0v) is 30.7. The Balaban J connectivity index is 1.10. The van der Waals surface area contributed by atoms with Gasteiger partial charge in [-0.3, -0.25) is 0 Å². The molecule has 0 atom stereocenters. The Morgan fingerprint density at radius 3 is 2.02 bits per heavy atom. The fraction of sp³-hybridized carbons (Fsp3) is 0.0612. The van der Waals surface area contributed by atoms with Crippen molar-refractivity contribution in [2.75, 3.05) is 4.90 Å². The summed E-state index contributed by atoms with van der Waals surface area (Å²) in [6.45, 7) is 4.72. The van der Waals surface area contributed by atoms with Gasteiger partial charge in [-0.2, -0.15) is 0 Å². The van der Waals surface area contributed by atoms with Crippen LogP contribution in [0.2, 0.25) is 0 Å². The minimum Gasteiger partial charge on any atom is -0.455 e. The van der Waals surface area contributed by atoms with Crippen LogP contribution in [0.15, 0.2) is 156 Å². The third kappa shape index (κ3) is 4.13. The van der Waals surface area contributed by atoms with E-state index >= 15 is 0 Å². The molecule has 8 aromatic carbocycles. The van der Waals surface area contributed by atoms with Gasteiger partial charge in [0.2, 0.25) is 0 Å². The van der Waals surface area contributed by atoms with Gasteiger partial charge in [-0.1, -0.05) is 92.7 Å². The Morgan fingerprint density at radius 2 is 1.09 bits per heavy atom. The van der Waals surface area contributed by atoms with Crippen LogP contribution in [0.4, 0.5) is 17.1 Å². The zero-order chi connectivity index (χ0) is 35.0. The number of furan rings is 1. The highest BCUT2D eigenvalue weighted by atomic mass is 32.1. The number of hydrogen-bond donors (Lipinski definition) is 0. The van der Waals surface area contributed by atoms with Crippen molar-refractivity contribution < 1.29 is 4.42 Å². The number of nitrogens with zero attached hydrogens (tertiary/aromatic N) is 1. The van der Waals surface area contributed by atoms with Gasteiger partial charge in [0.1, 0.15) is 11.2 Å². The molecule has 3 aromatic heterocycles. The lowest BCUT2D eigenvalue weighted by Crippen LogP contribution is -2.16. The van der Waals surface area contributed by atoms with Crippen LogP contribution in [0.1, 0.15) is 25.0 Å². The molecule has 250 valence electrons. The maximum absolute atomic E-state index is 6.79. The molecule has 1 aliphatic carbocycles. The first-order valence-corrected chi connectivity index (χ1v) is 19.8. The van der Waals surface area contributed by atoms with Crippen molar-refractivity contribution >= 4 is 113 Å². The van der Waals surface area contributed by atoms with E-state index in [4.69, 9.17) is 4.42 Å². The molecule has 0 N–H and O–H groups in total. The molecule has 12 rings (SSSR count). The predicted octanol–water partition coefficient (Wildman–Crippen LogP) is 15.3. The highest BCUT2D eigenvalue weighted by Gasteiger charge is 2.35. The summed E-state index contributed by atoms with van der Waals surface area (Å²) < 4.78 is 11.9. The van der Waals surface area contributed by atoms with E-state index in [1.54, 1.807) is 0 Å². The van der Waals surface area contributed by atoms with Crippen LogP contribution in [0.5, 0.6) is 0 Å². The molecule has 0 saturated carbocycles. The molecule has 0 aliphatic heterocycles. The molecule has 0 amide bonds. The van der Waals surface area contributed by atoms with Gasteiger partial charge in [-0.15, -0.1) is 22.7 Å². The van der Waals surface area contributed by atoms with E-state index in [0.717, 1.165) is 39.0 Å². The molecule has 3 heterocycles. The summed E-state index contributed by atoms with van der Waals surface area (Å²) in [7, 11) is 0. The molecule has 2 nitrogen and oxygen atoms in total. The molecule has 53 heavy (non-hydrogen) atoms. The zero-order valence-electron chi connectivity index (χ0n) is 29.1. The third-order valence-electron chi connectivity index (χ3n) is 11.6. The number of anilines is 3. The van der Waals surface area contributed by atoms with Crippen molar-refractivity contribution in [1.82, 2.24) is 0 Å². The molecule has 0 bridgehead atoms. The number of benzene rings is 8. The Hall–Kier alpha value is -5.94. The van der Waals surface area contributed by atoms with E-state index in [-0.39, 0.29) is 5.41 Å². The number of rotatable bonds is 3. The van der Waals surface area contributed by atoms with E-state index in [1.165, 1.54) is 73.4 Å². The van der Waals surface area contributed by atoms with Crippen LogP contribution in [0.3, 0.4) is 0 Å². The fourth-order valence-corrected chi connectivity index (χ4v) is 11.3. The van der Waals surface area contributed by atoms with Crippen molar-refractivity contribution in [2.24, 2.45) is 0 Å². The van der Waals surface area contributed by atoms with Crippen LogP contribution < -0.4 is 4.90 Å². The SMILES string of the molecule is CC1(C)c2ccccc2-c2ccc(N(c3ccc4c(c3)sc3ccccc34)c3ccc4sc5ccc6c7cc8ccccc8cc7oc6c5c4c3)cc21. The molecule has 0 unspecified atom stereocenters. The summed E-state index contributed by atoms with van der Waals surface area (Å²) in [6.07, 6.45) is 0. The van der Waals surface area contributed by atoms with Crippen LogP contribution in [-0.2, 0) is 5.41 Å². The number of hydrogen-bond acceptors (Lipinski definition) is 4. The molecule has 1 aliphatic rings. The lowest BCUT2D eigenvalue weighted by Gasteiger charge is -2.28. The molecule has 0 saturated heterocycles. The topological polar surface area (TPSA) is 16.4 Å². The molecule has 0 fully saturated rings. The Labute approximate surface area is 313 Å². The minimum absolute atomic E-state index is 0.103. The standard InChI is InChI=1S/C49H31NOS2/c1-49(2)40-13-7-5-11-33(40)34-18-15-31(26-41(34)49)50(32-16-19-36-35-12-6-8-14-43(35)53-46(36)27-32)30-17-21-44-39(25-30)47-45(52-44)22-20-37-38-23-28-9-3-4-10-29(28)24-42(38)51-48(37)47/h3-27H,1-2H3. The second kappa shape index (κ2) is 10.6. The Kier molecular flexibility index (Phi) is 5.91. The van der Waals surface area contributed by atoms with Crippen molar-refractivity contribution in [2.45, 2.75) is 19.3 Å². The first-order valence-electron chi connectivity index (χ1n) is 18.2. The van der Waals surface area contributed by atoms with Gasteiger partial charge in [-0.25, -0.2) is 0 Å². The van der Waals surface area contributed by atoms with Crippen molar-refractivity contribution in [1.29, 1.82) is 0 Å². The number of thiophene rings is 2. The third-order valence-corrected chi connectivity index (χ3v) is 13.9. The number of fused-ring (bicyclic) bond motifs is 14. The van der Waals surface area contributed by atoms with Gasteiger partial charge in [0.05, 0.1) is 0 Å². The molecular weight excluding hydrogens is 683 g/mol. The molecule has 0 spiro atoms. The van der Waals surface area contributed by atoms with Gasteiger partial charge >= 0.3 is 0 Å². The largest absolute Gasteiger partial charge is 0.455 e. The Bertz CT molecular complexity index is 3340. The normalized spacial score (nSPS) is 13.6. The van der Waals surface area contributed by atoms with Crippen molar-refractivity contribution in [3.05, 3.63) is 163 Å². The highest BCUT2D eigenvalue weighted by molar-refractivity contribution is 7.26. The first-order chi connectivity index (χ1) is 26.0. The second-order valence-electron chi connectivity index (χ2n) is 14.9. The van der Waals surface area contributed by atoms with E-state index in [0.29, 0.717) is 0 Å². The lowest BCUT2D eigenvalue weighted by molar-refractivity contribution is 0.660.